The van der Waals surface area contributed by atoms with E-state index in [0.717, 1.165) is 11.1 Å². The van der Waals surface area contributed by atoms with Gasteiger partial charge in [-0.1, -0.05) is 11.6 Å². The van der Waals surface area contributed by atoms with Crippen LogP contribution in [0.3, 0.4) is 0 Å². The first-order valence-corrected chi connectivity index (χ1v) is 11.9. The van der Waals surface area contributed by atoms with Gasteiger partial charge in [-0.25, -0.2) is 4.98 Å². The number of ether oxygens (including phenoxy) is 1. The van der Waals surface area contributed by atoms with Crippen LogP contribution in [0.1, 0.15) is 57.1 Å². The number of carbonyl (C=O) groups excluding carboxylic acids is 2. The van der Waals surface area contributed by atoms with Crippen molar-refractivity contribution in [3.8, 4) is 5.75 Å². The van der Waals surface area contributed by atoms with Crippen molar-refractivity contribution in [3.63, 3.8) is 0 Å². The fourth-order valence-corrected chi connectivity index (χ4v) is 4.94. The van der Waals surface area contributed by atoms with Crippen LogP contribution in [0.15, 0.2) is 16.9 Å². The van der Waals surface area contributed by atoms with E-state index < -0.39 is 5.60 Å². The van der Waals surface area contributed by atoms with E-state index in [4.69, 9.17) is 16.3 Å². The Morgan fingerprint density at radius 1 is 1.29 bits per heavy atom. The molecule has 2 aromatic rings. The molecule has 1 amide bonds. The van der Waals surface area contributed by atoms with Gasteiger partial charge in [-0.3, -0.25) is 14.4 Å². The Morgan fingerprint density at radius 3 is 2.68 bits per heavy atom. The predicted octanol–water partition coefficient (Wildman–Crippen LogP) is 3.54. The molecule has 1 saturated heterocycles. The zero-order chi connectivity index (χ0) is 22.3. The molecule has 1 N–H and O–H groups in total. The molecule has 9 heteroatoms. The van der Waals surface area contributed by atoms with E-state index >= 15 is 0 Å². The van der Waals surface area contributed by atoms with Crippen molar-refractivity contribution in [2.75, 3.05) is 19.3 Å². The number of nitrogens with zero attached hydrogens (tertiary/aromatic N) is 2. The molecule has 2 aliphatic rings. The first kappa shape index (κ1) is 21.9. The number of hydrogen-bond acceptors (Lipinski definition) is 6. The molecular weight excluding hydrogens is 438 g/mol. The minimum absolute atomic E-state index is 0.0263. The maximum atomic E-state index is 13.0. The van der Waals surface area contributed by atoms with Crippen LogP contribution in [-0.4, -0.2) is 51.5 Å². The number of Topliss-reactive ketones (excluding diaryl/α,β-unsaturated/α-hetero) is 1. The van der Waals surface area contributed by atoms with Crippen molar-refractivity contribution in [3.05, 3.63) is 55.7 Å². The van der Waals surface area contributed by atoms with Crippen LogP contribution in [-0.2, 0) is 5.75 Å². The molecule has 2 aliphatic heterocycles. The number of fused-ring (bicyclic) bond motifs is 1. The number of carbonyl (C=O) groups is 2. The number of amides is 1. The second-order valence-electron chi connectivity index (χ2n) is 8.19. The number of ketones is 1. The van der Waals surface area contributed by atoms with Gasteiger partial charge < -0.3 is 14.6 Å². The highest BCUT2D eigenvalue weighted by atomic mass is 35.5. The van der Waals surface area contributed by atoms with Crippen LogP contribution in [0.5, 0.6) is 5.75 Å². The summed E-state index contributed by atoms with van der Waals surface area (Å²) in [6.07, 6.45) is 3.24. The standard InChI is InChI=1S/C22H24ClN3O4S/c1-12-8-16-19(13(2)20(12)23)15(27)10-22(30-16)4-6-26(7-5-22)21(29)14-9-18(28)25-17(24-14)11-31-3/h8-9H,4-7,10-11H2,1-3H3,(H,24,25,28). The number of hydrogen-bond donors (Lipinski definition) is 1. The maximum Gasteiger partial charge on any atom is 0.272 e. The number of piperidine rings is 1. The van der Waals surface area contributed by atoms with Crippen LogP contribution >= 0.6 is 23.4 Å². The summed E-state index contributed by atoms with van der Waals surface area (Å²) >= 11 is 7.84. The van der Waals surface area contributed by atoms with Crippen LogP contribution in [0, 0.1) is 13.8 Å². The molecule has 4 rings (SSSR count). The lowest BCUT2D eigenvalue weighted by atomic mass is 9.81. The molecule has 3 heterocycles. The molecule has 0 radical (unpaired) electrons. The number of benzene rings is 1. The van der Waals surface area contributed by atoms with Gasteiger partial charge >= 0.3 is 0 Å². The molecular formula is C22H24ClN3O4S. The smallest absolute Gasteiger partial charge is 0.272 e. The number of rotatable bonds is 3. The van der Waals surface area contributed by atoms with Crippen molar-refractivity contribution < 1.29 is 14.3 Å². The normalized spacial score (nSPS) is 17.4. The number of H-pyrrole nitrogens is 1. The zero-order valence-corrected chi connectivity index (χ0v) is 19.3. The summed E-state index contributed by atoms with van der Waals surface area (Å²) in [6, 6.07) is 3.07. The molecule has 0 aliphatic carbocycles. The Hall–Kier alpha value is -2.32. The van der Waals surface area contributed by atoms with Gasteiger partial charge in [0.05, 0.1) is 17.7 Å². The van der Waals surface area contributed by atoms with Gasteiger partial charge in [0.2, 0.25) is 0 Å². The lowest BCUT2D eigenvalue weighted by molar-refractivity contribution is -0.00596. The summed E-state index contributed by atoms with van der Waals surface area (Å²) < 4.78 is 6.36. The molecule has 1 aromatic heterocycles. The van der Waals surface area contributed by atoms with E-state index in [1.165, 1.54) is 17.8 Å². The summed E-state index contributed by atoms with van der Waals surface area (Å²) in [5.74, 6) is 1.34. The molecule has 164 valence electrons. The lowest BCUT2D eigenvalue weighted by Gasteiger charge is -2.44. The Kier molecular flexibility index (Phi) is 5.87. The Labute approximate surface area is 189 Å². The van der Waals surface area contributed by atoms with E-state index in [1.807, 2.05) is 26.2 Å². The van der Waals surface area contributed by atoms with Gasteiger partial charge in [0, 0.05) is 37.0 Å². The number of halogens is 1. The van der Waals surface area contributed by atoms with E-state index in [0.29, 0.717) is 53.8 Å². The quantitative estimate of drug-likeness (QED) is 0.751. The first-order valence-electron chi connectivity index (χ1n) is 10.1. The first-order chi connectivity index (χ1) is 14.7. The number of likely N-dealkylation sites (tertiary alicyclic amines) is 1. The summed E-state index contributed by atoms with van der Waals surface area (Å²) in [6.45, 7) is 4.60. The van der Waals surface area contributed by atoms with Gasteiger partial charge in [0.1, 0.15) is 22.9 Å². The van der Waals surface area contributed by atoms with Crippen molar-refractivity contribution >= 4 is 35.1 Å². The number of thioether (sulfide) groups is 1. The highest BCUT2D eigenvalue weighted by molar-refractivity contribution is 7.97. The van der Waals surface area contributed by atoms with Crippen LogP contribution in [0.2, 0.25) is 5.02 Å². The van der Waals surface area contributed by atoms with E-state index in [2.05, 4.69) is 9.97 Å². The summed E-state index contributed by atoms with van der Waals surface area (Å²) in [5.41, 5.74) is 1.38. The Bertz CT molecular complexity index is 1120. The minimum Gasteiger partial charge on any atom is -0.486 e. The second kappa shape index (κ2) is 8.31. The third kappa shape index (κ3) is 4.11. The molecule has 0 saturated carbocycles. The summed E-state index contributed by atoms with van der Waals surface area (Å²) in [7, 11) is 0. The third-order valence-corrected chi connectivity index (χ3v) is 7.13. The van der Waals surface area contributed by atoms with Gasteiger partial charge in [-0.2, -0.15) is 11.8 Å². The monoisotopic (exact) mass is 461 g/mol. The SMILES string of the molecule is CSCc1nc(C(=O)N2CCC3(CC2)CC(=O)c2c(cc(C)c(Cl)c2C)O3)cc(=O)[nH]1. The number of aryl methyl sites for hydroxylation is 1. The van der Waals surface area contributed by atoms with E-state index in [-0.39, 0.29) is 29.4 Å². The molecule has 1 aromatic carbocycles. The van der Waals surface area contributed by atoms with E-state index in [1.54, 1.807) is 4.90 Å². The summed E-state index contributed by atoms with van der Waals surface area (Å²) in [4.78, 5) is 46.4. The summed E-state index contributed by atoms with van der Waals surface area (Å²) in [5, 5.41) is 0.596. The molecule has 0 bridgehead atoms. The highest BCUT2D eigenvalue weighted by Crippen LogP contribution is 2.43. The van der Waals surface area contributed by atoms with Crippen LogP contribution in [0.4, 0.5) is 0 Å². The van der Waals surface area contributed by atoms with Crippen LogP contribution in [0.25, 0.3) is 0 Å². The van der Waals surface area contributed by atoms with Crippen molar-refractivity contribution in [2.24, 2.45) is 0 Å². The van der Waals surface area contributed by atoms with Crippen molar-refractivity contribution in [2.45, 2.75) is 44.5 Å². The molecule has 0 atom stereocenters. The minimum atomic E-state index is -0.626. The van der Waals surface area contributed by atoms with Crippen LogP contribution < -0.4 is 10.3 Å². The fraction of sp³-hybridized carbons (Fsp3) is 0.455. The average Bonchev–Trinajstić information content (AvgIpc) is 2.71. The topological polar surface area (TPSA) is 92.4 Å². The highest BCUT2D eigenvalue weighted by Gasteiger charge is 2.44. The number of aromatic amines is 1. The van der Waals surface area contributed by atoms with Gasteiger partial charge in [0.25, 0.3) is 11.5 Å². The van der Waals surface area contributed by atoms with Crippen molar-refractivity contribution in [1.29, 1.82) is 0 Å². The number of aromatic nitrogens is 2. The molecule has 1 fully saturated rings. The fourth-order valence-electron chi connectivity index (χ4n) is 4.38. The Morgan fingerprint density at radius 2 is 2.00 bits per heavy atom. The van der Waals surface area contributed by atoms with Gasteiger partial charge in [-0.15, -0.1) is 0 Å². The predicted molar refractivity (Wildman–Crippen MR) is 120 cm³/mol. The van der Waals surface area contributed by atoms with E-state index in [9.17, 15) is 14.4 Å². The number of nitrogens with one attached hydrogen (secondary N) is 1. The Balaban J connectivity index is 1.52. The van der Waals surface area contributed by atoms with Gasteiger partial charge in [0.15, 0.2) is 5.78 Å². The average molecular weight is 462 g/mol. The molecule has 7 nitrogen and oxygen atoms in total. The van der Waals surface area contributed by atoms with Crippen molar-refractivity contribution in [1.82, 2.24) is 14.9 Å². The third-order valence-electron chi connectivity index (χ3n) is 5.99. The maximum absolute atomic E-state index is 13.0. The second-order valence-corrected chi connectivity index (χ2v) is 9.44. The lowest BCUT2D eigenvalue weighted by Crippen LogP contribution is -2.52. The molecule has 31 heavy (non-hydrogen) atoms. The zero-order valence-electron chi connectivity index (χ0n) is 17.7. The largest absolute Gasteiger partial charge is 0.486 e. The van der Waals surface area contributed by atoms with Gasteiger partial charge in [-0.05, 0) is 37.3 Å². The molecule has 0 unspecified atom stereocenters. The molecule has 1 spiro atoms.